The molecule has 0 bridgehead atoms. The summed E-state index contributed by atoms with van der Waals surface area (Å²) in [6.07, 6.45) is 1.40. The van der Waals surface area contributed by atoms with Crippen molar-refractivity contribution in [1.82, 2.24) is 14.9 Å². The van der Waals surface area contributed by atoms with Gasteiger partial charge in [0.1, 0.15) is 23.7 Å². The summed E-state index contributed by atoms with van der Waals surface area (Å²) in [5, 5.41) is 3.22. The fraction of sp³-hybridized carbons (Fsp3) is 0.227. The lowest BCUT2D eigenvalue weighted by molar-refractivity contribution is 0.0740. The molecule has 1 N–H and O–H groups in total. The maximum Gasteiger partial charge on any atom is 0.272 e. The first-order chi connectivity index (χ1) is 14.1. The number of carbonyl (C=O) groups excluding carboxylic acids is 1. The quantitative estimate of drug-likeness (QED) is 0.736. The molecular formula is C22H22FN5O. The van der Waals surface area contributed by atoms with E-state index >= 15 is 0 Å². The first-order valence-electron chi connectivity index (χ1n) is 9.54. The SMILES string of the molecule is Cc1cccc(Nc2cc(C(=O)N3CCN(c4ccc(F)cc4)CC3)ncn2)c1. The number of hydrogen-bond donors (Lipinski definition) is 1. The van der Waals surface area contributed by atoms with Crippen molar-refractivity contribution in [2.24, 2.45) is 0 Å². The number of hydrogen-bond acceptors (Lipinski definition) is 5. The van der Waals surface area contributed by atoms with Crippen LogP contribution in [0.25, 0.3) is 0 Å². The molecule has 6 nitrogen and oxygen atoms in total. The standard InChI is InChI=1S/C22H22FN5O/c1-16-3-2-4-18(13-16)26-21-14-20(24-15-25-21)22(29)28-11-9-27(10-12-28)19-7-5-17(23)6-8-19/h2-8,13-15H,9-12H2,1H3,(H,24,25,26). The summed E-state index contributed by atoms with van der Waals surface area (Å²) in [7, 11) is 0. The van der Waals surface area contributed by atoms with Crippen molar-refractivity contribution in [2.45, 2.75) is 6.92 Å². The van der Waals surface area contributed by atoms with E-state index in [0.29, 0.717) is 37.7 Å². The summed E-state index contributed by atoms with van der Waals surface area (Å²) in [6.45, 7) is 4.57. The van der Waals surface area contributed by atoms with Gasteiger partial charge in [0.25, 0.3) is 5.91 Å². The molecule has 3 aromatic rings. The molecule has 7 heteroatoms. The van der Waals surface area contributed by atoms with Crippen molar-refractivity contribution in [3.63, 3.8) is 0 Å². The van der Waals surface area contributed by atoms with E-state index in [1.54, 1.807) is 23.1 Å². The van der Waals surface area contributed by atoms with E-state index in [-0.39, 0.29) is 11.7 Å². The summed E-state index contributed by atoms with van der Waals surface area (Å²) in [5.74, 6) is 0.221. The van der Waals surface area contributed by atoms with Crippen LogP contribution in [0, 0.1) is 12.7 Å². The van der Waals surface area contributed by atoms with E-state index < -0.39 is 0 Å². The minimum Gasteiger partial charge on any atom is -0.368 e. The first kappa shape index (κ1) is 18.9. The van der Waals surface area contributed by atoms with Crippen molar-refractivity contribution in [3.05, 3.63) is 78.0 Å². The monoisotopic (exact) mass is 391 g/mol. The Morgan fingerprint density at radius 3 is 2.48 bits per heavy atom. The van der Waals surface area contributed by atoms with Crippen molar-refractivity contribution >= 4 is 23.1 Å². The van der Waals surface area contributed by atoms with Gasteiger partial charge < -0.3 is 15.1 Å². The number of aryl methyl sites for hydroxylation is 1. The van der Waals surface area contributed by atoms with Crippen LogP contribution < -0.4 is 10.2 Å². The van der Waals surface area contributed by atoms with E-state index in [2.05, 4.69) is 20.2 Å². The zero-order valence-electron chi connectivity index (χ0n) is 16.2. The van der Waals surface area contributed by atoms with Crippen LogP contribution in [-0.4, -0.2) is 47.0 Å². The van der Waals surface area contributed by atoms with Gasteiger partial charge in [0.2, 0.25) is 0 Å². The predicted molar refractivity (Wildman–Crippen MR) is 111 cm³/mol. The minimum atomic E-state index is -0.249. The van der Waals surface area contributed by atoms with E-state index in [0.717, 1.165) is 16.9 Å². The average Bonchev–Trinajstić information content (AvgIpc) is 2.74. The molecule has 2 aromatic carbocycles. The molecule has 0 unspecified atom stereocenters. The third kappa shape index (κ3) is 4.51. The molecule has 29 heavy (non-hydrogen) atoms. The van der Waals surface area contributed by atoms with Gasteiger partial charge >= 0.3 is 0 Å². The van der Waals surface area contributed by atoms with Crippen LogP contribution >= 0.6 is 0 Å². The molecule has 0 saturated carbocycles. The van der Waals surface area contributed by atoms with Crippen LogP contribution in [0.4, 0.5) is 21.6 Å². The van der Waals surface area contributed by atoms with E-state index in [1.807, 2.05) is 31.2 Å². The number of halogens is 1. The Morgan fingerprint density at radius 1 is 1.00 bits per heavy atom. The van der Waals surface area contributed by atoms with Crippen LogP contribution in [-0.2, 0) is 0 Å². The van der Waals surface area contributed by atoms with Gasteiger partial charge in [0.05, 0.1) is 0 Å². The van der Waals surface area contributed by atoms with Crippen LogP contribution in [0.15, 0.2) is 60.9 Å². The van der Waals surface area contributed by atoms with Gasteiger partial charge in [-0.05, 0) is 48.9 Å². The smallest absolute Gasteiger partial charge is 0.272 e. The Labute approximate surface area is 169 Å². The average molecular weight is 391 g/mol. The van der Waals surface area contributed by atoms with Gasteiger partial charge in [0, 0.05) is 43.6 Å². The number of amides is 1. The summed E-state index contributed by atoms with van der Waals surface area (Å²) >= 11 is 0. The molecule has 0 spiro atoms. The Bertz CT molecular complexity index is 1000. The molecule has 1 aromatic heterocycles. The van der Waals surface area contributed by atoms with Crippen molar-refractivity contribution in [3.8, 4) is 0 Å². The largest absolute Gasteiger partial charge is 0.368 e. The number of rotatable bonds is 4. The summed E-state index contributed by atoms with van der Waals surface area (Å²) < 4.78 is 13.1. The van der Waals surface area contributed by atoms with Crippen LogP contribution in [0.5, 0.6) is 0 Å². The van der Waals surface area contributed by atoms with Gasteiger partial charge in [-0.3, -0.25) is 4.79 Å². The third-order valence-corrected chi connectivity index (χ3v) is 4.94. The number of benzene rings is 2. The summed E-state index contributed by atoms with van der Waals surface area (Å²) in [4.78, 5) is 25.2. The third-order valence-electron chi connectivity index (χ3n) is 4.94. The topological polar surface area (TPSA) is 61.4 Å². The first-order valence-corrected chi connectivity index (χ1v) is 9.54. The van der Waals surface area contributed by atoms with Crippen molar-refractivity contribution in [1.29, 1.82) is 0 Å². The lowest BCUT2D eigenvalue weighted by atomic mass is 10.2. The highest BCUT2D eigenvalue weighted by Crippen LogP contribution is 2.19. The molecule has 0 radical (unpaired) electrons. The number of nitrogens with zero attached hydrogens (tertiary/aromatic N) is 4. The Morgan fingerprint density at radius 2 is 1.76 bits per heavy atom. The molecule has 0 atom stereocenters. The molecule has 4 rings (SSSR count). The molecule has 1 aliphatic heterocycles. The van der Waals surface area contributed by atoms with Gasteiger partial charge in [0.15, 0.2) is 0 Å². The molecule has 0 aliphatic carbocycles. The van der Waals surface area contributed by atoms with Crippen LogP contribution in [0.2, 0.25) is 0 Å². The minimum absolute atomic E-state index is 0.113. The predicted octanol–water partition coefficient (Wildman–Crippen LogP) is 3.63. The fourth-order valence-electron chi connectivity index (χ4n) is 3.39. The van der Waals surface area contributed by atoms with Gasteiger partial charge in [-0.15, -0.1) is 0 Å². The number of piperazine rings is 1. The lowest BCUT2D eigenvalue weighted by Gasteiger charge is -2.36. The number of aromatic nitrogens is 2. The normalized spacial score (nSPS) is 14.0. The zero-order chi connectivity index (χ0) is 20.2. The Kier molecular flexibility index (Phi) is 5.37. The molecule has 1 aliphatic rings. The van der Waals surface area contributed by atoms with E-state index in [9.17, 15) is 9.18 Å². The molecule has 1 amide bonds. The van der Waals surface area contributed by atoms with Gasteiger partial charge in [-0.2, -0.15) is 0 Å². The number of anilines is 3. The van der Waals surface area contributed by atoms with Crippen molar-refractivity contribution < 1.29 is 9.18 Å². The second-order valence-electron chi connectivity index (χ2n) is 7.04. The maximum atomic E-state index is 13.1. The van der Waals surface area contributed by atoms with Gasteiger partial charge in [-0.1, -0.05) is 12.1 Å². The second kappa shape index (κ2) is 8.26. The summed E-state index contributed by atoms with van der Waals surface area (Å²) in [5.41, 5.74) is 3.38. The second-order valence-corrected chi connectivity index (χ2v) is 7.04. The summed E-state index contributed by atoms with van der Waals surface area (Å²) in [6, 6.07) is 16.1. The highest BCUT2D eigenvalue weighted by atomic mass is 19.1. The van der Waals surface area contributed by atoms with Crippen molar-refractivity contribution in [2.75, 3.05) is 36.4 Å². The van der Waals surface area contributed by atoms with E-state index in [1.165, 1.54) is 18.5 Å². The molecule has 2 heterocycles. The van der Waals surface area contributed by atoms with E-state index in [4.69, 9.17) is 0 Å². The molecule has 1 saturated heterocycles. The Balaban J connectivity index is 1.40. The highest BCUT2D eigenvalue weighted by molar-refractivity contribution is 5.93. The van der Waals surface area contributed by atoms with Gasteiger partial charge in [-0.25, -0.2) is 14.4 Å². The number of carbonyl (C=O) groups is 1. The highest BCUT2D eigenvalue weighted by Gasteiger charge is 2.23. The zero-order valence-corrected chi connectivity index (χ0v) is 16.2. The lowest BCUT2D eigenvalue weighted by Crippen LogP contribution is -2.49. The molecule has 1 fully saturated rings. The molecule has 148 valence electrons. The van der Waals surface area contributed by atoms with Crippen LogP contribution in [0.1, 0.15) is 16.1 Å². The van der Waals surface area contributed by atoms with Crippen LogP contribution in [0.3, 0.4) is 0 Å². The molecular weight excluding hydrogens is 369 g/mol. The number of nitrogens with one attached hydrogen (secondary N) is 1. The fourth-order valence-corrected chi connectivity index (χ4v) is 3.39. The Hall–Kier alpha value is -3.48. The maximum absolute atomic E-state index is 13.1.